The Balaban J connectivity index is 1.44. The van der Waals surface area contributed by atoms with Gasteiger partial charge in [0.25, 0.3) is 0 Å². The molecule has 0 saturated carbocycles. The van der Waals surface area contributed by atoms with Crippen LogP contribution in [-0.4, -0.2) is 42.7 Å². The number of likely N-dealkylation sites (tertiary alicyclic amines) is 1. The molecule has 3 rings (SSSR count). The molecule has 0 amide bonds. The van der Waals surface area contributed by atoms with Crippen LogP contribution >= 0.6 is 0 Å². The van der Waals surface area contributed by atoms with Gasteiger partial charge in [-0.15, -0.1) is 0 Å². The summed E-state index contributed by atoms with van der Waals surface area (Å²) in [5.74, 6) is -0.0471. The summed E-state index contributed by atoms with van der Waals surface area (Å²) < 4.78 is 11.1. The Morgan fingerprint density at radius 2 is 2.00 bits per heavy atom. The SMILES string of the molecule is Cc1ccccc1COC1CCN(C2CCOC(=O)C2)CC1. The number of aryl methyl sites for hydroxylation is 1. The lowest BCUT2D eigenvalue weighted by Crippen LogP contribution is -2.46. The summed E-state index contributed by atoms with van der Waals surface area (Å²) in [6.45, 7) is 5.45. The van der Waals surface area contributed by atoms with Crippen molar-refractivity contribution < 1.29 is 14.3 Å². The zero-order valence-electron chi connectivity index (χ0n) is 13.3. The molecular formula is C18H25NO3. The zero-order chi connectivity index (χ0) is 15.4. The predicted molar refractivity (Wildman–Crippen MR) is 84.5 cm³/mol. The molecule has 2 saturated heterocycles. The minimum absolute atomic E-state index is 0.0471. The molecule has 1 aromatic rings. The number of carbonyl (C=O) groups excluding carboxylic acids is 1. The highest BCUT2D eigenvalue weighted by molar-refractivity contribution is 5.70. The van der Waals surface area contributed by atoms with Crippen LogP contribution in [0.3, 0.4) is 0 Å². The van der Waals surface area contributed by atoms with Gasteiger partial charge in [-0.05, 0) is 37.3 Å². The molecule has 22 heavy (non-hydrogen) atoms. The number of hydrogen-bond donors (Lipinski definition) is 0. The number of piperidine rings is 1. The van der Waals surface area contributed by atoms with Crippen LogP contribution in [0.1, 0.15) is 36.8 Å². The summed E-state index contributed by atoms with van der Waals surface area (Å²) >= 11 is 0. The van der Waals surface area contributed by atoms with E-state index in [2.05, 4.69) is 36.1 Å². The largest absolute Gasteiger partial charge is 0.466 e. The first-order chi connectivity index (χ1) is 10.7. The molecule has 1 aromatic carbocycles. The van der Waals surface area contributed by atoms with E-state index in [0.29, 0.717) is 31.8 Å². The summed E-state index contributed by atoms with van der Waals surface area (Å²) in [4.78, 5) is 13.8. The van der Waals surface area contributed by atoms with Crippen molar-refractivity contribution in [2.45, 2.75) is 51.4 Å². The van der Waals surface area contributed by atoms with Gasteiger partial charge in [0.2, 0.25) is 0 Å². The average molecular weight is 303 g/mol. The zero-order valence-corrected chi connectivity index (χ0v) is 13.3. The second kappa shape index (κ2) is 7.25. The van der Waals surface area contributed by atoms with E-state index in [0.717, 1.165) is 32.4 Å². The van der Waals surface area contributed by atoms with E-state index in [4.69, 9.17) is 9.47 Å². The highest BCUT2D eigenvalue weighted by atomic mass is 16.5. The molecule has 0 N–H and O–H groups in total. The first kappa shape index (κ1) is 15.5. The van der Waals surface area contributed by atoms with Gasteiger partial charge in [-0.2, -0.15) is 0 Å². The van der Waals surface area contributed by atoms with Crippen LogP contribution in [0.25, 0.3) is 0 Å². The first-order valence-electron chi connectivity index (χ1n) is 8.28. The van der Waals surface area contributed by atoms with E-state index < -0.39 is 0 Å². The lowest BCUT2D eigenvalue weighted by Gasteiger charge is -2.38. The Morgan fingerprint density at radius 3 is 2.73 bits per heavy atom. The quantitative estimate of drug-likeness (QED) is 0.802. The summed E-state index contributed by atoms with van der Waals surface area (Å²) in [6.07, 6.45) is 3.97. The number of cyclic esters (lactones) is 1. The highest BCUT2D eigenvalue weighted by Crippen LogP contribution is 2.22. The van der Waals surface area contributed by atoms with Crippen LogP contribution < -0.4 is 0 Å². The third-order valence-corrected chi connectivity index (χ3v) is 4.85. The molecule has 120 valence electrons. The van der Waals surface area contributed by atoms with E-state index in [9.17, 15) is 4.79 Å². The van der Waals surface area contributed by atoms with Crippen molar-refractivity contribution in [1.82, 2.24) is 4.90 Å². The number of rotatable bonds is 4. The monoisotopic (exact) mass is 303 g/mol. The maximum atomic E-state index is 11.4. The van der Waals surface area contributed by atoms with Crippen LogP contribution in [0, 0.1) is 6.92 Å². The maximum absolute atomic E-state index is 11.4. The Bertz CT molecular complexity index is 509. The van der Waals surface area contributed by atoms with Gasteiger partial charge in [0.05, 0.1) is 25.7 Å². The second-order valence-electron chi connectivity index (χ2n) is 6.34. The molecule has 2 fully saturated rings. The normalized spacial score (nSPS) is 24.2. The van der Waals surface area contributed by atoms with E-state index >= 15 is 0 Å². The Labute approximate surface area is 132 Å². The molecule has 0 radical (unpaired) electrons. The number of benzene rings is 1. The van der Waals surface area contributed by atoms with Crippen molar-refractivity contribution in [2.24, 2.45) is 0 Å². The molecule has 2 aliphatic heterocycles. The smallest absolute Gasteiger partial charge is 0.307 e. The van der Waals surface area contributed by atoms with Crippen LogP contribution in [-0.2, 0) is 20.9 Å². The number of ether oxygens (including phenoxy) is 2. The van der Waals surface area contributed by atoms with Gasteiger partial charge in [0, 0.05) is 19.1 Å². The van der Waals surface area contributed by atoms with E-state index in [1.807, 2.05) is 0 Å². The molecule has 0 bridgehead atoms. The third-order valence-electron chi connectivity index (χ3n) is 4.85. The summed E-state index contributed by atoms with van der Waals surface area (Å²) in [6, 6.07) is 8.77. The van der Waals surface area contributed by atoms with Gasteiger partial charge in [-0.25, -0.2) is 0 Å². The van der Waals surface area contributed by atoms with Gasteiger partial charge in [0.1, 0.15) is 0 Å². The summed E-state index contributed by atoms with van der Waals surface area (Å²) in [5, 5.41) is 0. The minimum atomic E-state index is -0.0471. The fraction of sp³-hybridized carbons (Fsp3) is 0.611. The van der Waals surface area contributed by atoms with Gasteiger partial charge >= 0.3 is 5.97 Å². The first-order valence-corrected chi connectivity index (χ1v) is 8.28. The number of nitrogens with zero attached hydrogens (tertiary/aromatic N) is 1. The van der Waals surface area contributed by atoms with Crippen LogP contribution in [0.15, 0.2) is 24.3 Å². The summed E-state index contributed by atoms with van der Waals surface area (Å²) in [7, 11) is 0. The summed E-state index contributed by atoms with van der Waals surface area (Å²) in [5.41, 5.74) is 2.57. The fourth-order valence-corrected chi connectivity index (χ4v) is 3.36. The van der Waals surface area contributed by atoms with Crippen LogP contribution in [0.4, 0.5) is 0 Å². The Hall–Kier alpha value is -1.39. The molecule has 2 heterocycles. The number of carbonyl (C=O) groups is 1. The van der Waals surface area contributed by atoms with Crippen molar-refractivity contribution in [2.75, 3.05) is 19.7 Å². The molecule has 4 nitrogen and oxygen atoms in total. The van der Waals surface area contributed by atoms with E-state index in [-0.39, 0.29) is 5.97 Å². The van der Waals surface area contributed by atoms with Crippen molar-refractivity contribution >= 4 is 5.97 Å². The molecular weight excluding hydrogens is 278 g/mol. The molecule has 2 aliphatic rings. The minimum Gasteiger partial charge on any atom is -0.466 e. The van der Waals surface area contributed by atoms with E-state index in [1.165, 1.54) is 11.1 Å². The lowest BCUT2D eigenvalue weighted by atomic mass is 10.0. The molecule has 1 unspecified atom stereocenters. The predicted octanol–water partition coefficient (Wildman–Crippen LogP) is 2.68. The van der Waals surface area contributed by atoms with Gasteiger partial charge in [-0.1, -0.05) is 24.3 Å². The molecule has 0 aliphatic carbocycles. The van der Waals surface area contributed by atoms with Gasteiger partial charge in [-0.3, -0.25) is 9.69 Å². The molecule has 0 spiro atoms. The van der Waals surface area contributed by atoms with Crippen LogP contribution in [0.5, 0.6) is 0 Å². The molecule has 0 aromatic heterocycles. The van der Waals surface area contributed by atoms with Crippen molar-refractivity contribution in [3.8, 4) is 0 Å². The third kappa shape index (κ3) is 3.87. The van der Waals surface area contributed by atoms with Crippen molar-refractivity contribution in [3.05, 3.63) is 35.4 Å². The number of esters is 1. The highest BCUT2D eigenvalue weighted by Gasteiger charge is 2.29. The maximum Gasteiger partial charge on any atom is 0.307 e. The average Bonchev–Trinajstić information content (AvgIpc) is 2.55. The Morgan fingerprint density at radius 1 is 1.23 bits per heavy atom. The number of hydrogen-bond acceptors (Lipinski definition) is 4. The molecule has 1 atom stereocenters. The standard InChI is InChI=1S/C18H25NO3/c1-14-4-2-3-5-15(14)13-22-17-6-9-19(10-7-17)16-8-11-21-18(20)12-16/h2-5,16-17H,6-13H2,1H3. The Kier molecular flexibility index (Phi) is 5.11. The van der Waals surface area contributed by atoms with Crippen molar-refractivity contribution in [1.29, 1.82) is 0 Å². The van der Waals surface area contributed by atoms with Gasteiger partial charge in [0.15, 0.2) is 0 Å². The topological polar surface area (TPSA) is 38.8 Å². The van der Waals surface area contributed by atoms with Crippen molar-refractivity contribution in [3.63, 3.8) is 0 Å². The van der Waals surface area contributed by atoms with Crippen LogP contribution in [0.2, 0.25) is 0 Å². The lowest BCUT2D eigenvalue weighted by molar-refractivity contribution is -0.150. The molecule has 4 heteroatoms. The second-order valence-corrected chi connectivity index (χ2v) is 6.34. The van der Waals surface area contributed by atoms with Gasteiger partial charge < -0.3 is 9.47 Å². The fourth-order valence-electron chi connectivity index (χ4n) is 3.36. The van der Waals surface area contributed by atoms with E-state index in [1.54, 1.807) is 0 Å².